The number of rotatable bonds is 4. The molecule has 0 unspecified atom stereocenters. The van der Waals surface area contributed by atoms with Crippen molar-refractivity contribution < 1.29 is 19.1 Å². The molecule has 2 rings (SSSR count). The molecular formula is C18H31NO4. The summed E-state index contributed by atoms with van der Waals surface area (Å²) in [6.45, 7) is 5.58. The molecule has 2 aliphatic rings. The smallest absolute Gasteiger partial charge is 0.411 e. The van der Waals surface area contributed by atoms with Gasteiger partial charge < -0.3 is 14.3 Å². The van der Waals surface area contributed by atoms with Crippen molar-refractivity contribution in [2.45, 2.75) is 89.5 Å². The molecule has 5 nitrogen and oxygen atoms in total. The number of hydrogen-bond donors (Lipinski definition) is 0. The van der Waals surface area contributed by atoms with E-state index in [1.54, 1.807) is 12.0 Å². The van der Waals surface area contributed by atoms with E-state index in [1.807, 2.05) is 20.8 Å². The van der Waals surface area contributed by atoms with Gasteiger partial charge in [-0.2, -0.15) is 0 Å². The summed E-state index contributed by atoms with van der Waals surface area (Å²) in [6.07, 6.45) is 8.03. The van der Waals surface area contributed by atoms with Crippen LogP contribution in [-0.2, 0) is 14.3 Å². The lowest BCUT2D eigenvalue weighted by atomic mass is 9.83. The van der Waals surface area contributed by atoms with Crippen molar-refractivity contribution in [3.05, 3.63) is 0 Å². The van der Waals surface area contributed by atoms with Crippen molar-refractivity contribution in [3.63, 3.8) is 0 Å². The van der Waals surface area contributed by atoms with Gasteiger partial charge in [0.15, 0.2) is 0 Å². The number of nitrogens with zero attached hydrogens (tertiary/aromatic N) is 1. The number of aldehydes is 1. The predicted octanol–water partition coefficient (Wildman–Crippen LogP) is 3.55. The maximum Gasteiger partial charge on any atom is 0.411 e. The molecule has 0 N–H and O–H groups in total. The van der Waals surface area contributed by atoms with Gasteiger partial charge in [-0.1, -0.05) is 0 Å². The quantitative estimate of drug-likeness (QED) is 0.742. The molecule has 0 spiro atoms. The molecule has 0 aromatic carbocycles. The summed E-state index contributed by atoms with van der Waals surface area (Å²) < 4.78 is 10.9. The first kappa shape index (κ1) is 18.2. The summed E-state index contributed by atoms with van der Waals surface area (Å²) in [6, 6.07) is -0.200. The third-order valence-corrected chi connectivity index (χ3v) is 5.04. The Bertz CT molecular complexity index is 410. The molecule has 1 amide bonds. The first-order chi connectivity index (χ1) is 10.8. The highest BCUT2D eigenvalue weighted by Gasteiger charge is 2.40. The largest absolute Gasteiger partial charge is 0.444 e. The summed E-state index contributed by atoms with van der Waals surface area (Å²) in [5, 5.41) is 0. The summed E-state index contributed by atoms with van der Waals surface area (Å²) in [4.78, 5) is 25.5. The monoisotopic (exact) mass is 325 g/mol. The lowest BCUT2D eigenvalue weighted by Gasteiger charge is -2.34. The van der Waals surface area contributed by atoms with Crippen LogP contribution in [0.15, 0.2) is 0 Å². The van der Waals surface area contributed by atoms with Crippen LogP contribution in [-0.4, -0.2) is 48.2 Å². The number of carbonyl (C=O) groups is 2. The molecule has 0 aromatic heterocycles. The van der Waals surface area contributed by atoms with Crippen LogP contribution in [0.5, 0.6) is 0 Å². The Kier molecular flexibility index (Phi) is 6.06. The number of ether oxygens (including phenoxy) is 2. The van der Waals surface area contributed by atoms with E-state index >= 15 is 0 Å². The van der Waals surface area contributed by atoms with Crippen LogP contribution in [0.4, 0.5) is 4.79 Å². The van der Waals surface area contributed by atoms with Gasteiger partial charge in [0.05, 0.1) is 12.1 Å². The van der Waals surface area contributed by atoms with Gasteiger partial charge in [-0.3, -0.25) is 4.90 Å². The Labute approximate surface area is 139 Å². The topological polar surface area (TPSA) is 55.8 Å². The number of amides is 1. The third-order valence-electron chi connectivity index (χ3n) is 5.04. The van der Waals surface area contributed by atoms with Crippen molar-refractivity contribution in [1.29, 1.82) is 0 Å². The van der Waals surface area contributed by atoms with Crippen LogP contribution < -0.4 is 0 Å². The molecular weight excluding hydrogens is 294 g/mol. The van der Waals surface area contributed by atoms with E-state index in [4.69, 9.17) is 9.47 Å². The normalized spacial score (nSPS) is 31.9. The summed E-state index contributed by atoms with van der Waals surface area (Å²) >= 11 is 0. The van der Waals surface area contributed by atoms with Gasteiger partial charge in [-0.15, -0.1) is 0 Å². The lowest BCUT2D eigenvalue weighted by Crippen LogP contribution is -2.45. The zero-order valence-corrected chi connectivity index (χ0v) is 14.9. The second-order valence-corrected chi connectivity index (χ2v) is 7.94. The van der Waals surface area contributed by atoms with Crippen LogP contribution in [0.25, 0.3) is 0 Å². The van der Waals surface area contributed by atoms with Crippen molar-refractivity contribution in [2.75, 3.05) is 7.11 Å². The van der Waals surface area contributed by atoms with E-state index in [1.165, 1.54) is 0 Å². The van der Waals surface area contributed by atoms with Crippen molar-refractivity contribution in [3.8, 4) is 0 Å². The standard InChI is InChI=1S/C18H31NO4/c1-18(2,3)23-17(21)19-14(7-8-15(19)12-20)11-13-5-9-16(22-4)10-6-13/h12-16H,5-11H2,1-4H3/t13?,14-,15+,16?/m0/s1. The highest BCUT2D eigenvalue weighted by atomic mass is 16.6. The molecule has 5 heteroatoms. The average Bonchev–Trinajstić information content (AvgIpc) is 2.89. The number of hydrogen-bond acceptors (Lipinski definition) is 4. The van der Waals surface area contributed by atoms with Gasteiger partial charge in [0, 0.05) is 13.2 Å². The van der Waals surface area contributed by atoms with E-state index < -0.39 is 5.60 Å². The van der Waals surface area contributed by atoms with E-state index in [2.05, 4.69) is 0 Å². The van der Waals surface area contributed by atoms with E-state index in [0.29, 0.717) is 12.0 Å². The van der Waals surface area contributed by atoms with Gasteiger partial charge in [0.2, 0.25) is 0 Å². The first-order valence-corrected chi connectivity index (χ1v) is 8.83. The lowest BCUT2D eigenvalue weighted by molar-refractivity contribution is -0.112. The third kappa shape index (κ3) is 4.93. The van der Waals surface area contributed by atoms with Crippen LogP contribution in [0, 0.1) is 5.92 Å². The molecule has 1 saturated carbocycles. The Morgan fingerprint density at radius 2 is 1.78 bits per heavy atom. The average molecular weight is 325 g/mol. The maximum atomic E-state index is 12.5. The Balaban J connectivity index is 1.96. The van der Waals surface area contributed by atoms with E-state index in [9.17, 15) is 9.59 Å². The Hall–Kier alpha value is -1.10. The molecule has 2 fully saturated rings. The van der Waals surface area contributed by atoms with Crippen molar-refractivity contribution >= 4 is 12.4 Å². The molecule has 0 aromatic rings. The summed E-state index contributed by atoms with van der Waals surface area (Å²) in [7, 11) is 1.78. The first-order valence-electron chi connectivity index (χ1n) is 8.83. The van der Waals surface area contributed by atoms with Crippen molar-refractivity contribution in [1.82, 2.24) is 4.90 Å². The van der Waals surface area contributed by atoms with Crippen LogP contribution in [0.2, 0.25) is 0 Å². The summed E-state index contributed by atoms with van der Waals surface area (Å²) in [5.41, 5.74) is -0.534. The Morgan fingerprint density at radius 3 is 2.30 bits per heavy atom. The number of likely N-dealkylation sites (tertiary alicyclic amines) is 1. The molecule has 1 heterocycles. The zero-order chi connectivity index (χ0) is 17.0. The minimum Gasteiger partial charge on any atom is -0.444 e. The second-order valence-electron chi connectivity index (χ2n) is 7.94. The minimum absolute atomic E-state index is 0.129. The molecule has 132 valence electrons. The van der Waals surface area contributed by atoms with Crippen LogP contribution >= 0.6 is 0 Å². The fourth-order valence-electron chi connectivity index (χ4n) is 3.86. The van der Waals surface area contributed by atoms with Gasteiger partial charge in [-0.05, 0) is 71.6 Å². The van der Waals surface area contributed by atoms with Gasteiger partial charge >= 0.3 is 6.09 Å². The second kappa shape index (κ2) is 7.65. The predicted molar refractivity (Wildman–Crippen MR) is 88.3 cm³/mol. The molecule has 2 atom stereocenters. The molecule has 1 saturated heterocycles. The van der Waals surface area contributed by atoms with Crippen LogP contribution in [0.3, 0.4) is 0 Å². The number of carbonyl (C=O) groups excluding carboxylic acids is 2. The molecule has 0 bridgehead atoms. The fraction of sp³-hybridized carbons (Fsp3) is 0.889. The number of methoxy groups -OCH3 is 1. The maximum absolute atomic E-state index is 12.5. The molecule has 0 radical (unpaired) electrons. The zero-order valence-electron chi connectivity index (χ0n) is 14.9. The van der Waals surface area contributed by atoms with E-state index in [-0.39, 0.29) is 18.2 Å². The Morgan fingerprint density at radius 1 is 1.13 bits per heavy atom. The van der Waals surface area contributed by atoms with Crippen LogP contribution in [0.1, 0.15) is 65.7 Å². The SMILES string of the molecule is COC1CCC(C[C@@H]2CC[C@H](C=O)N2C(=O)OC(C)(C)C)CC1. The van der Waals surface area contributed by atoms with E-state index in [0.717, 1.165) is 51.2 Å². The van der Waals surface area contributed by atoms with Gasteiger partial charge in [0.25, 0.3) is 0 Å². The highest BCUT2D eigenvalue weighted by molar-refractivity contribution is 5.75. The molecule has 1 aliphatic carbocycles. The fourth-order valence-corrected chi connectivity index (χ4v) is 3.86. The van der Waals surface area contributed by atoms with Crippen molar-refractivity contribution in [2.24, 2.45) is 5.92 Å². The molecule has 1 aliphatic heterocycles. The summed E-state index contributed by atoms with van der Waals surface area (Å²) in [5.74, 6) is 0.613. The highest BCUT2D eigenvalue weighted by Crippen LogP contribution is 2.35. The van der Waals surface area contributed by atoms with Gasteiger partial charge in [-0.25, -0.2) is 4.79 Å². The minimum atomic E-state index is -0.534. The van der Waals surface area contributed by atoms with Gasteiger partial charge in [0.1, 0.15) is 11.9 Å². The molecule has 23 heavy (non-hydrogen) atoms.